The minimum atomic E-state index is -0.446. The van der Waals surface area contributed by atoms with E-state index in [1.54, 1.807) is 29.6 Å². The second-order valence-electron chi connectivity index (χ2n) is 5.16. The minimum Gasteiger partial charge on any atom is -0.354 e. The largest absolute Gasteiger partial charge is 0.354 e. The summed E-state index contributed by atoms with van der Waals surface area (Å²) in [6.45, 7) is 0.0200. The SMILES string of the molecule is O=C(CNC(=O)CNC(=O)c1cccs1)NCCc1ccc(F)cc1. The molecule has 6 nitrogen and oxygen atoms in total. The summed E-state index contributed by atoms with van der Waals surface area (Å²) in [5, 5.41) is 9.33. The second-order valence-corrected chi connectivity index (χ2v) is 6.11. The summed E-state index contributed by atoms with van der Waals surface area (Å²) in [4.78, 5) is 35.4. The minimum absolute atomic E-state index is 0.170. The Kier molecular flexibility index (Phi) is 7.09. The summed E-state index contributed by atoms with van der Waals surface area (Å²) in [6.07, 6.45) is 0.566. The zero-order chi connectivity index (χ0) is 18.1. The quantitative estimate of drug-likeness (QED) is 0.656. The zero-order valence-corrected chi connectivity index (χ0v) is 14.2. The molecular formula is C17H18FN3O3S. The van der Waals surface area contributed by atoms with Crippen LogP contribution in [-0.4, -0.2) is 37.4 Å². The number of nitrogens with one attached hydrogen (secondary N) is 3. The molecule has 0 saturated heterocycles. The van der Waals surface area contributed by atoms with Crippen LogP contribution in [0.5, 0.6) is 0 Å². The molecule has 0 fully saturated rings. The second kappa shape index (κ2) is 9.53. The van der Waals surface area contributed by atoms with Crippen LogP contribution < -0.4 is 16.0 Å². The van der Waals surface area contributed by atoms with Crippen molar-refractivity contribution >= 4 is 29.1 Å². The van der Waals surface area contributed by atoms with Gasteiger partial charge in [-0.3, -0.25) is 14.4 Å². The van der Waals surface area contributed by atoms with Gasteiger partial charge in [-0.15, -0.1) is 11.3 Å². The van der Waals surface area contributed by atoms with E-state index in [1.807, 2.05) is 0 Å². The number of carbonyl (C=O) groups excluding carboxylic acids is 3. The molecule has 1 heterocycles. The lowest BCUT2D eigenvalue weighted by Crippen LogP contribution is -2.42. The maximum Gasteiger partial charge on any atom is 0.261 e. The van der Waals surface area contributed by atoms with Crippen LogP contribution in [0.4, 0.5) is 4.39 Å². The van der Waals surface area contributed by atoms with Gasteiger partial charge in [-0.1, -0.05) is 18.2 Å². The van der Waals surface area contributed by atoms with E-state index in [0.717, 1.165) is 5.56 Å². The molecule has 0 aliphatic carbocycles. The molecule has 0 bridgehead atoms. The number of benzene rings is 1. The van der Waals surface area contributed by atoms with Crippen LogP contribution in [0, 0.1) is 5.82 Å². The monoisotopic (exact) mass is 363 g/mol. The highest BCUT2D eigenvalue weighted by Crippen LogP contribution is 2.07. The third-order valence-electron chi connectivity index (χ3n) is 3.25. The van der Waals surface area contributed by atoms with Crippen LogP contribution >= 0.6 is 11.3 Å². The highest BCUT2D eigenvalue weighted by Gasteiger charge is 2.09. The van der Waals surface area contributed by atoms with Crippen molar-refractivity contribution in [1.82, 2.24) is 16.0 Å². The van der Waals surface area contributed by atoms with Crippen molar-refractivity contribution in [3.8, 4) is 0 Å². The Labute approximate surface area is 148 Å². The lowest BCUT2D eigenvalue weighted by Gasteiger charge is -2.08. The molecule has 3 N–H and O–H groups in total. The van der Waals surface area contributed by atoms with Gasteiger partial charge < -0.3 is 16.0 Å². The number of rotatable bonds is 8. The molecule has 0 saturated carbocycles. The zero-order valence-electron chi connectivity index (χ0n) is 13.4. The lowest BCUT2D eigenvalue weighted by molar-refractivity contribution is -0.125. The van der Waals surface area contributed by atoms with Gasteiger partial charge in [0, 0.05) is 6.54 Å². The Morgan fingerprint density at radius 3 is 2.28 bits per heavy atom. The van der Waals surface area contributed by atoms with Crippen molar-refractivity contribution in [2.75, 3.05) is 19.6 Å². The van der Waals surface area contributed by atoms with Gasteiger partial charge >= 0.3 is 0 Å². The number of hydrogen-bond donors (Lipinski definition) is 3. The molecule has 0 aliphatic rings. The lowest BCUT2D eigenvalue weighted by atomic mass is 10.1. The highest BCUT2D eigenvalue weighted by atomic mass is 32.1. The van der Waals surface area contributed by atoms with Crippen molar-refractivity contribution in [3.05, 3.63) is 58.0 Å². The van der Waals surface area contributed by atoms with Gasteiger partial charge in [-0.2, -0.15) is 0 Å². The molecule has 25 heavy (non-hydrogen) atoms. The fourth-order valence-electron chi connectivity index (χ4n) is 1.96. The molecule has 0 radical (unpaired) electrons. The van der Waals surface area contributed by atoms with Crippen LogP contribution in [-0.2, 0) is 16.0 Å². The molecule has 2 aromatic rings. The summed E-state index contributed by atoms with van der Waals surface area (Å²) in [7, 11) is 0. The number of amides is 3. The molecule has 0 unspecified atom stereocenters. The predicted molar refractivity (Wildman–Crippen MR) is 92.8 cm³/mol. The van der Waals surface area contributed by atoms with Gasteiger partial charge in [-0.25, -0.2) is 4.39 Å². The van der Waals surface area contributed by atoms with Gasteiger partial charge in [0.15, 0.2) is 0 Å². The van der Waals surface area contributed by atoms with Crippen LogP contribution in [0.15, 0.2) is 41.8 Å². The summed E-state index contributed by atoms with van der Waals surface area (Å²) >= 11 is 1.28. The number of halogens is 1. The maximum atomic E-state index is 12.8. The van der Waals surface area contributed by atoms with Crippen molar-refractivity contribution < 1.29 is 18.8 Å². The van der Waals surface area contributed by atoms with Crippen molar-refractivity contribution in [3.63, 3.8) is 0 Å². The predicted octanol–water partition coefficient (Wildman–Crippen LogP) is 1.09. The van der Waals surface area contributed by atoms with E-state index in [2.05, 4.69) is 16.0 Å². The molecule has 1 aromatic carbocycles. The summed E-state index contributed by atoms with van der Waals surface area (Å²) in [6, 6.07) is 9.44. The molecule has 1 aromatic heterocycles. The van der Waals surface area contributed by atoms with E-state index in [-0.39, 0.29) is 30.7 Å². The van der Waals surface area contributed by atoms with E-state index in [4.69, 9.17) is 0 Å². The Hall–Kier alpha value is -2.74. The van der Waals surface area contributed by atoms with Crippen LogP contribution in [0.25, 0.3) is 0 Å². The van der Waals surface area contributed by atoms with E-state index in [0.29, 0.717) is 17.8 Å². The number of carbonyl (C=O) groups is 3. The molecule has 2 rings (SSSR count). The van der Waals surface area contributed by atoms with E-state index in [1.165, 1.54) is 23.5 Å². The van der Waals surface area contributed by atoms with Crippen LogP contribution in [0.2, 0.25) is 0 Å². The van der Waals surface area contributed by atoms with Gasteiger partial charge in [0.05, 0.1) is 18.0 Å². The fourth-order valence-corrected chi connectivity index (χ4v) is 2.60. The van der Waals surface area contributed by atoms with E-state index < -0.39 is 5.91 Å². The normalized spacial score (nSPS) is 10.1. The molecule has 0 aliphatic heterocycles. The molecule has 3 amide bonds. The Bertz CT molecular complexity index is 717. The van der Waals surface area contributed by atoms with Crippen LogP contribution in [0.3, 0.4) is 0 Å². The maximum absolute atomic E-state index is 12.8. The first kappa shape index (κ1) is 18.6. The van der Waals surface area contributed by atoms with Crippen molar-refractivity contribution in [2.24, 2.45) is 0 Å². The number of hydrogen-bond acceptors (Lipinski definition) is 4. The van der Waals surface area contributed by atoms with Crippen LogP contribution in [0.1, 0.15) is 15.2 Å². The Morgan fingerprint density at radius 1 is 0.920 bits per heavy atom. The first-order valence-corrected chi connectivity index (χ1v) is 8.52. The van der Waals surface area contributed by atoms with Gasteiger partial charge in [-0.05, 0) is 35.6 Å². The topological polar surface area (TPSA) is 87.3 Å². The average molecular weight is 363 g/mol. The number of thiophene rings is 1. The summed E-state index contributed by atoms with van der Waals surface area (Å²) in [5.74, 6) is -1.41. The third-order valence-corrected chi connectivity index (χ3v) is 4.12. The summed E-state index contributed by atoms with van der Waals surface area (Å²) < 4.78 is 12.8. The Balaban J connectivity index is 1.58. The molecule has 132 valence electrons. The molecular weight excluding hydrogens is 345 g/mol. The van der Waals surface area contributed by atoms with E-state index in [9.17, 15) is 18.8 Å². The molecule has 0 atom stereocenters. The average Bonchev–Trinajstić information content (AvgIpc) is 3.14. The first-order valence-electron chi connectivity index (χ1n) is 7.64. The molecule has 8 heteroatoms. The third kappa shape index (κ3) is 6.72. The van der Waals surface area contributed by atoms with Crippen molar-refractivity contribution in [2.45, 2.75) is 6.42 Å². The molecule has 0 spiro atoms. The highest BCUT2D eigenvalue weighted by molar-refractivity contribution is 7.12. The van der Waals surface area contributed by atoms with Crippen molar-refractivity contribution in [1.29, 1.82) is 0 Å². The smallest absolute Gasteiger partial charge is 0.261 e. The van der Waals surface area contributed by atoms with Gasteiger partial charge in [0.25, 0.3) is 5.91 Å². The first-order chi connectivity index (χ1) is 12.0. The Morgan fingerprint density at radius 2 is 1.60 bits per heavy atom. The van der Waals surface area contributed by atoms with E-state index >= 15 is 0 Å². The summed E-state index contributed by atoms with van der Waals surface area (Å²) in [5.41, 5.74) is 0.905. The van der Waals surface area contributed by atoms with Gasteiger partial charge in [0.1, 0.15) is 5.82 Å². The fraction of sp³-hybridized carbons (Fsp3) is 0.235. The standard InChI is InChI=1S/C17H18FN3O3S/c18-13-5-3-12(4-6-13)7-8-19-15(22)10-20-16(23)11-21-17(24)14-2-1-9-25-14/h1-6,9H,7-8,10-11H2,(H,19,22)(H,20,23)(H,21,24). The van der Waals surface area contributed by atoms with Gasteiger partial charge in [0.2, 0.25) is 11.8 Å².